The van der Waals surface area contributed by atoms with Crippen LogP contribution in [0.1, 0.15) is 50.9 Å². The summed E-state index contributed by atoms with van der Waals surface area (Å²) in [5, 5.41) is 0.796. The van der Waals surface area contributed by atoms with E-state index in [9.17, 15) is 0 Å². The lowest BCUT2D eigenvalue weighted by atomic mass is 9.94. The van der Waals surface area contributed by atoms with Crippen molar-refractivity contribution in [3.05, 3.63) is 24.0 Å². The Morgan fingerprint density at radius 2 is 2.24 bits per heavy atom. The number of hydrogen-bond donors (Lipinski definition) is 1. The summed E-state index contributed by atoms with van der Waals surface area (Å²) in [6.45, 7) is 2.23. The van der Waals surface area contributed by atoms with Gasteiger partial charge in [0.15, 0.2) is 0 Å². The SMILES string of the molecule is CCCc1nc2cc(N)ccc2n1C1CCCC(SC)C1. The molecule has 0 radical (unpaired) electrons. The van der Waals surface area contributed by atoms with Crippen molar-refractivity contribution in [1.29, 1.82) is 0 Å². The maximum absolute atomic E-state index is 5.93. The van der Waals surface area contributed by atoms with Crippen molar-refractivity contribution in [2.24, 2.45) is 0 Å². The number of nitrogens with two attached hydrogens (primary N) is 1. The molecule has 2 atom stereocenters. The van der Waals surface area contributed by atoms with Gasteiger partial charge in [-0.25, -0.2) is 4.98 Å². The Bertz CT molecular complexity index is 620. The summed E-state index contributed by atoms with van der Waals surface area (Å²) < 4.78 is 2.51. The van der Waals surface area contributed by atoms with Crippen molar-refractivity contribution in [3.8, 4) is 0 Å². The van der Waals surface area contributed by atoms with E-state index in [2.05, 4.69) is 23.8 Å². The van der Waals surface area contributed by atoms with Crippen LogP contribution in [0.25, 0.3) is 11.0 Å². The standard InChI is InChI=1S/C17H25N3S/c1-3-5-17-19-15-10-12(18)8-9-16(15)20(17)13-6-4-7-14(11-13)21-2/h8-10,13-14H,3-7,11,18H2,1-2H3. The van der Waals surface area contributed by atoms with E-state index in [1.807, 2.05) is 23.9 Å². The van der Waals surface area contributed by atoms with Gasteiger partial charge in [-0.1, -0.05) is 13.3 Å². The molecule has 1 aromatic carbocycles. The summed E-state index contributed by atoms with van der Waals surface area (Å²) in [6.07, 6.45) is 9.67. The molecule has 2 unspecified atom stereocenters. The second-order valence-electron chi connectivity index (χ2n) is 6.07. The average molecular weight is 303 g/mol. The Kier molecular flexibility index (Phi) is 4.43. The molecule has 4 heteroatoms. The molecular weight excluding hydrogens is 278 g/mol. The van der Waals surface area contributed by atoms with Gasteiger partial charge in [0, 0.05) is 23.4 Å². The van der Waals surface area contributed by atoms with Crippen LogP contribution in [0.3, 0.4) is 0 Å². The fourth-order valence-electron chi connectivity index (χ4n) is 3.54. The molecule has 0 aliphatic heterocycles. The second kappa shape index (κ2) is 6.30. The second-order valence-corrected chi connectivity index (χ2v) is 7.21. The number of aryl methyl sites for hydroxylation is 1. The van der Waals surface area contributed by atoms with Crippen LogP contribution in [0.15, 0.2) is 18.2 Å². The third-order valence-electron chi connectivity index (χ3n) is 4.56. The maximum atomic E-state index is 5.93. The molecule has 21 heavy (non-hydrogen) atoms. The van der Waals surface area contributed by atoms with Crippen molar-refractivity contribution in [3.63, 3.8) is 0 Å². The lowest BCUT2D eigenvalue weighted by Gasteiger charge is -2.30. The fraction of sp³-hybridized carbons (Fsp3) is 0.588. The van der Waals surface area contributed by atoms with Crippen molar-refractivity contribution in [2.45, 2.75) is 56.7 Å². The maximum Gasteiger partial charge on any atom is 0.110 e. The fourth-order valence-corrected chi connectivity index (χ4v) is 4.36. The van der Waals surface area contributed by atoms with Crippen LogP contribution < -0.4 is 5.73 Å². The summed E-state index contributed by atoms with van der Waals surface area (Å²) in [4.78, 5) is 4.87. The van der Waals surface area contributed by atoms with Crippen LogP contribution >= 0.6 is 11.8 Å². The normalized spacial score (nSPS) is 22.8. The van der Waals surface area contributed by atoms with E-state index >= 15 is 0 Å². The van der Waals surface area contributed by atoms with Crippen molar-refractivity contribution in [1.82, 2.24) is 9.55 Å². The summed E-state index contributed by atoms with van der Waals surface area (Å²) in [5.74, 6) is 1.24. The smallest absolute Gasteiger partial charge is 0.110 e. The lowest BCUT2D eigenvalue weighted by Crippen LogP contribution is -2.22. The van der Waals surface area contributed by atoms with E-state index in [1.54, 1.807) is 0 Å². The third-order valence-corrected chi connectivity index (χ3v) is 5.65. The average Bonchev–Trinajstić information content (AvgIpc) is 2.84. The van der Waals surface area contributed by atoms with Crippen LogP contribution in [0.4, 0.5) is 5.69 Å². The highest BCUT2D eigenvalue weighted by Gasteiger charge is 2.25. The zero-order chi connectivity index (χ0) is 14.8. The quantitative estimate of drug-likeness (QED) is 0.850. The molecule has 0 spiro atoms. The molecule has 1 saturated carbocycles. The number of hydrogen-bond acceptors (Lipinski definition) is 3. The Hall–Kier alpha value is -1.16. The number of rotatable bonds is 4. The Balaban J connectivity index is 2.04. The van der Waals surface area contributed by atoms with Gasteiger partial charge in [0.25, 0.3) is 0 Å². The number of thioether (sulfide) groups is 1. The first-order valence-electron chi connectivity index (χ1n) is 8.02. The minimum Gasteiger partial charge on any atom is -0.399 e. The molecule has 2 N–H and O–H groups in total. The number of nitrogens with zero attached hydrogens (tertiary/aromatic N) is 2. The van der Waals surface area contributed by atoms with E-state index in [0.717, 1.165) is 29.3 Å². The number of aromatic nitrogens is 2. The van der Waals surface area contributed by atoms with E-state index in [0.29, 0.717) is 6.04 Å². The van der Waals surface area contributed by atoms with Gasteiger partial charge < -0.3 is 10.3 Å². The van der Waals surface area contributed by atoms with Gasteiger partial charge in [-0.3, -0.25) is 0 Å². The first-order chi connectivity index (χ1) is 10.2. The number of benzene rings is 1. The summed E-state index contributed by atoms with van der Waals surface area (Å²) >= 11 is 2.02. The first kappa shape index (κ1) is 14.8. The van der Waals surface area contributed by atoms with Crippen molar-refractivity contribution < 1.29 is 0 Å². The first-order valence-corrected chi connectivity index (χ1v) is 9.30. The van der Waals surface area contributed by atoms with Crippen LogP contribution in [0, 0.1) is 0 Å². The van der Waals surface area contributed by atoms with Crippen molar-refractivity contribution in [2.75, 3.05) is 12.0 Å². The molecular formula is C17H25N3S. The molecule has 1 aromatic heterocycles. The van der Waals surface area contributed by atoms with Gasteiger partial charge in [0.2, 0.25) is 0 Å². The molecule has 1 aliphatic rings. The Morgan fingerprint density at radius 3 is 3.00 bits per heavy atom. The minimum absolute atomic E-state index is 0.603. The van der Waals surface area contributed by atoms with E-state index in [1.165, 1.54) is 37.0 Å². The summed E-state index contributed by atoms with van der Waals surface area (Å²) in [7, 11) is 0. The molecule has 3 nitrogen and oxygen atoms in total. The Labute approximate surface area is 131 Å². The highest BCUT2D eigenvalue weighted by atomic mass is 32.2. The van der Waals surface area contributed by atoms with E-state index in [4.69, 9.17) is 10.7 Å². The van der Waals surface area contributed by atoms with Gasteiger partial charge >= 0.3 is 0 Å². The molecule has 3 rings (SSSR count). The molecule has 0 bridgehead atoms. The zero-order valence-corrected chi connectivity index (χ0v) is 13.8. The highest BCUT2D eigenvalue weighted by molar-refractivity contribution is 7.99. The number of fused-ring (bicyclic) bond motifs is 1. The van der Waals surface area contributed by atoms with Crippen LogP contribution in [0.2, 0.25) is 0 Å². The Morgan fingerprint density at radius 1 is 1.38 bits per heavy atom. The predicted octanol–water partition coefficient (Wildman–Crippen LogP) is 4.42. The van der Waals surface area contributed by atoms with Gasteiger partial charge in [0.1, 0.15) is 5.82 Å². The van der Waals surface area contributed by atoms with Crippen LogP contribution in [-0.4, -0.2) is 21.1 Å². The minimum atomic E-state index is 0.603. The van der Waals surface area contributed by atoms with Gasteiger partial charge in [-0.2, -0.15) is 11.8 Å². The largest absolute Gasteiger partial charge is 0.399 e. The van der Waals surface area contributed by atoms with Crippen LogP contribution in [0.5, 0.6) is 0 Å². The monoisotopic (exact) mass is 303 g/mol. The van der Waals surface area contributed by atoms with Gasteiger partial charge in [0.05, 0.1) is 11.0 Å². The van der Waals surface area contributed by atoms with Crippen molar-refractivity contribution >= 4 is 28.5 Å². The molecule has 0 amide bonds. The van der Waals surface area contributed by atoms with Crippen LogP contribution in [-0.2, 0) is 6.42 Å². The molecule has 2 aromatic rings. The van der Waals surface area contributed by atoms with Gasteiger partial charge in [-0.15, -0.1) is 0 Å². The molecule has 1 fully saturated rings. The molecule has 1 aliphatic carbocycles. The molecule has 0 saturated heterocycles. The number of anilines is 1. The zero-order valence-electron chi connectivity index (χ0n) is 13.0. The predicted molar refractivity (Wildman–Crippen MR) is 92.9 cm³/mol. The highest BCUT2D eigenvalue weighted by Crippen LogP contribution is 2.37. The topological polar surface area (TPSA) is 43.8 Å². The number of nitrogen functional groups attached to an aromatic ring is 1. The van der Waals surface area contributed by atoms with Gasteiger partial charge in [-0.05, 0) is 50.1 Å². The summed E-state index contributed by atoms with van der Waals surface area (Å²) in [6, 6.07) is 6.77. The third kappa shape index (κ3) is 2.91. The number of imidazole rings is 1. The van der Waals surface area contributed by atoms with E-state index < -0.39 is 0 Å². The molecule has 1 heterocycles. The van der Waals surface area contributed by atoms with E-state index in [-0.39, 0.29) is 0 Å². The molecule has 114 valence electrons. The lowest BCUT2D eigenvalue weighted by molar-refractivity contribution is 0.359. The summed E-state index contributed by atoms with van der Waals surface area (Å²) in [5.41, 5.74) is 9.06.